The molecule has 2 rings (SSSR count). The van der Waals surface area contributed by atoms with Crippen LogP contribution in [0.25, 0.3) is 5.69 Å². The molecule has 26 heavy (non-hydrogen) atoms. The molecule has 12 heteroatoms. The Kier molecular flexibility index (Phi) is 5.20. The van der Waals surface area contributed by atoms with Gasteiger partial charge < -0.3 is 4.74 Å². The van der Waals surface area contributed by atoms with Gasteiger partial charge in [0.25, 0.3) is 0 Å². The predicted octanol–water partition coefficient (Wildman–Crippen LogP) is 4.02. The second-order valence-electron chi connectivity index (χ2n) is 4.57. The Morgan fingerprint density at radius 1 is 1.19 bits per heavy atom. The summed E-state index contributed by atoms with van der Waals surface area (Å²) in [7, 11) is 0. The van der Waals surface area contributed by atoms with Gasteiger partial charge in [-0.1, -0.05) is 0 Å². The zero-order chi connectivity index (χ0) is 19.6. The second kappa shape index (κ2) is 7.03. The van der Waals surface area contributed by atoms with E-state index in [1.54, 1.807) is 13.0 Å². The Bertz CT molecular complexity index is 882. The molecular formula is C14H7F7N4O. The molecule has 0 bridgehead atoms. The molecule has 0 spiro atoms. The molecule has 0 aliphatic heterocycles. The van der Waals surface area contributed by atoms with E-state index in [0.29, 0.717) is 0 Å². The van der Waals surface area contributed by atoms with Gasteiger partial charge in [-0.05, 0) is 6.92 Å². The molecule has 0 saturated heterocycles. The van der Waals surface area contributed by atoms with Gasteiger partial charge in [0.05, 0.1) is 12.8 Å². The lowest BCUT2D eigenvalue weighted by atomic mass is 10.1. The minimum atomic E-state index is -5.67. The number of rotatable bonds is 4. The molecule has 2 aromatic rings. The van der Waals surface area contributed by atoms with E-state index in [1.165, 1.54) is 0 Å². The molecule has 138 valence electrons. The maximum atomic E-state index is 14.1. The largest absolute Gasteiger partial charge is 0.483 e. The molecule has 0 saturated carbocycles. The summed E-state index contributed by atoms with van der Waals surface area (Å²) in [6.45, 7) is 1.69. The Labute approximate surface area is 140 Å². The number of hydrogen-bond acceptors (Lipinski definition) is 4. The summed E-state index contributed by atoms with van der Waals surface area (Å²) in [5, 5.41) is 12.3. The summed E-state index contributed by atoms with van der Waals surface area (Å²) in [4.78, 5) is 3.55. The van der Waals surface area contributed by atoms with E-state index in [9.17, 15) is 30.7 Å². The second-order valence-corrected chi connectivity index (χ2v) is 4.57. The first-order chi connectivity index (χ1) is 12.1. The summed E-state index contributed by atoms with van der Waals surface area (Å²) in [6.07, 6.45) is -4.15. The average Bonchev–Trinajstić information content (AvgIpc) is 2.95. The fourth-order valence-corrected chi connectivity index (χ4v) is 1.93. The minimum Gasteiger partial charge on any atom is -0.483 e. The molecule has 0 atom stereocenters. The van der Waals surface area contributed by atoms with Crippen LogP contribution in [-0.2, 0) is 10.9 Å². The van der Waals surface area contributed by atoms with Crippen LogP contribution < -0.4 is 0 Å². The monoisotopic (exact) mass is 380 g/mol. The van der Waals surface area contributed by atoms with E-state index in [2.05, 4.69) is 10.1 Å². The molecule has 0 unspecified atom stereocenters. The molecule has 0 aliphatic rings. The van der Waals surface area contributed by atoms with Crippen LogP contribution in [0.2, 0.25) is 0 Å². The maximum Gasteiger partial charge on any atom is 0.422 e. The quantitative estimate of drug-likeness (QED) is 0.348. The summed E-state index contributed by atoms with van der Waals surface area (Å²) in [5.41, 5.74) is -4.69. The van der Waals surface area contributed by atoms with Crippen LogP contribution >= 0.6 is 0 Å². The van der Waals surface area contributed by atoms with Crippen molar-refractivity contribution in [3.8, 4) is 11.8 Å². The van der Waals surface area contributed by atoms with Crippen molar-refractivity contribution < 1.29 is 35.5 Å². The van der Waals surface area contributed by atoms with E-state index in [-0.39, 0.29) is 16.9 Å². The van der Waals surface area contributed by atoms with Crippen molar-refractivity contribution in [1.82, 2.24) is 9.78 Å². The van der Waals surface area contributed by atoms with Crippen LogP contribution in [0, 0.1) is 34.6 Å². The third-order valence-electron chi connectivity index (χ3n) is 3.02. The van der Waals surface area contributed by atoms with Gasteiger partial charge in [-0.3, -0.25) is 0 Å². The van der Waals surface area contributed by atoms with Gasteiger partial charge in [-0.2, -0.15) is 28.5 Å². The van der Waals surface area contributed by atoms with Crippen molar-refractivity contribution in [2.24, 2.45) is 4.99 Å². The number of nitriles is 1. The molecule has 1 aromatic carbocycles. The summed E-state index contributed by atoms with van der Waals surface area (Å²) in [6, 6.07) is 1.55. The van der Waals surface area contributed by atoms with E-state index in [1.807, 2.05) is 0 Å². The third kappa shape index (κ3) is 3.19. The molecule has 0 aliphatic carbocycles. The molecule has 1 heterocycles. The fraction of sp³-hybridized carbons (Fsp3) is 0.214. The molecular weight excluding hydrogens is 373 g/mol. The highest BCUT2D eigenvalue weighted by Crippen LogP contribution is 2.38. The zero-order valence-electron chi connectivity index (χ0n) is 12.7. The van der Waals surface area contributed by atoms with Gasteiger partial charge in [0.15, 0.2) is 35.5 Å². The predicted molar refractivity (Wildman–Crippen MR) is 72.9 cm³/mol. The number of alkyl halides is 3. The zero-order valence-corrected chi connectivity index (χ0v) is 12.7. The Hall–Kier alpha value is -3.10. The Balaban J connectivity index is 2.80. The number of aliphatic imine (C=N–C) groups is 1. The molecule has 0 N–H and O–H groups in total. The van der Waals surface area contributed by atoms with Crippen molar-refractivity contribution in [2.45, 2.75) is 13.1 Å². The number of halogens is 7. The van der Waals surface area contributed by atoms with Crippen LogP contribution in [0.1, 0.15) is 18.1 Å². The highest BCUT2D eigenvalue weighted by atomic mass is 19.4. The first-order valence-electron chi connectivity index (χ1n) is 6.70. The molecule has 5 nitrogen and oxygen atoms in total. The lowest BCUT2D eigenvalue weighted by Crippen LogP contribution is -2.18. The van der Waals surface area contributed by atoms with Crippen molar-refractivity contribution in [2.75, 3.05) is 6.61 Å². The van der Waals surface area contributed by atoms with Crippen LogP contribution in [0.15, 0.2) is 11.2 Å². The summed E-state index contributed by atoms with van der Waals surface area (Å²) in [5.74, 6) is -10.6. The topological polar surface area (TPSA) is 63.2 Å². The van der Waals surface area contributed by atoms with Crippen molar-refractivity contribution in [3.63, 3.8) is 0 Å². The van der Waals surface area contributed by atoms with Crippen molar-refractivity contribution in [1.29, 1.82) is 5.26 Å². The Morgan fingerprint density at radius 2 is 1.77 bits per heavy atom. The molecule has 0 fully saturated rings. The van der Waals surface area contributed by atoms with Gasteiger partial charge in [-0.25, -0.2) is 22.2 Å². The number of ether oxygens (including phenoxy) is 1. The smallest absolute Gasteiger partial charge is 0.422 e. The van der Waals surface area contributed by atoms with Gasteiger partial charge in [0.2, 0.25) is 0 Å². The lowest BCUT2D eigenvalue weighted by molar-refractivity contribution is -0.143. The fourth-order valence-electron chi connectivity index (χ4n) is 1.93. The van der Waals surface area contributed by atoms with E-state index in [4.69, 9.17) is 10.00 Å². The van der Waals surface area contributed by atoms with Crippen LogP contribution in [0.3, 0.4) is 0 Å². The molecule has 0 radical (unpaired) electrons. The Morgan fingerprint density at radius 3 is 2.23 bits per heavy atom. The number of nitrogens with zero attached hydrogens (tertiary/aromatic N) is 4. The summed E-state index contributed by atoms with van der Waals surface area (Å²) >= 11 is 0. The number of hydrogen-bond donors (Lipinski definition) is 0. The molecule has 0 amide bonds. The summed E-state index contributed by atoms with van der Waals surface area (Å²) < 4.78 is 98.5. The number of aromatic nitrogens is 2. The normalized spacial score (nSPS) is 11.8. The first-order valence-corrected chi connectivity index (χ1v) is 6.70. The van der Waals surface area contributed by atoms with Crippen LogP contribution in [0.5, 0.6) is 0 Å². The van der Waals surface area contributed by atoms with Gasteiger partial charge in [0, 0.05) is 0 Å². The van der Waals surface area contributed by atoms with Gasteiger partial charge in [-0.15, -0.1) is 0 Å². The minimum absolute atomic E-state index is 0.131. The average molecular weight is 380 g/mol. The van der Waals surface area contributed by atoms with Crippen molar-refractivity contribution >= 4 is 12.2 Å². The van der Waals surface area contributed by atoms with E-state index < -0.39 is 46.5 Å². The highest BCUT2D eigenvalue weighted by molar-refractivity contribution is 5.61. The SMILES string of the molecule is CCOC=Nc1c(C#N)cnn1-c1c(F)c(F)c(C(F)(F)F)c(F)c1F. The number of benzene rings is 1. The highest BCUT2D eigenvalue weighted by Gasteiger charge is 2.43. The van der Waals surface area contributed by atoms with Gasteiger partial charge >= 0.3 is 6.18 Å². The lowest BCUT2D eigenvalue weighted by Gasteiger charge is -2.14. The van der Waals surface area contributed by atoms with Crippen LogP contribution in [0.4, 0.5) is 36.6 Å². The van der Waals surface area contributed by atoms with E-state index in [0.717, 1.165) is 12.6 Å². The molecule has 1 aromatic heterocycles. The van der Waals surface area contributed by atoms with Crippen LogP contribution in [-0.4, -0.2) is 22.8 Å². The first kappa shape index (κ1) is 19.2. The third-order valence-corrected chi connectivity index (χ3v) is 3.02. The van der Waals surface area contributed by atoms with Crippen molar-refractivity contribution in [3.05, 3.63) is 40.6 Å². The van der Waals surface area contributed by atoms with Gasteiger partial charge in [0.1, 0.15) is 22.9 Å². The standard InChI is InChI=1S/C14H7F7N4O/c1-2-26-5-23-13-6(3-22)4-24-25(13)12-10(17)8(15)7(14(19,20)21)9(16)11(12)18/h4-5H,2H2,1H3. The maximum absolute atomic E-state index is 14.1. The van der Waals surface area contributed by atoms with E-state index >= 15 is 0 Å².